The van der Waals surface area contributed by atoms with Crippen molar-refractivity contribution in [3.8, 4) is 0 Å². The molecule has 1 atom stereocenters. The van der Waals surface area contributed by atoms with Gasteiger partial charge in [-0.05, 0) is 13.3 Å². The van der Waals surface area contributed by atoms with E-state index in [4.69, 9.17) is 9.63 Å². The zero-order valence-electron chi connectivity index (χ0n) is 12.6. The predicted molar refractivity (Wildman–Crippen MR) is 73.6 cm³/mol. The minimum Gasteiger partial charge on any atom is -0.481 e. The average Bonchev–Trinajstić information content (AvgIpc) is 3.03. The van der Waals surface area contributed by atoms with Crippen molar-refractivity contribution in [2.24, 2.45) is 5.41 Å². The molecule has 1 aromatic rings. The summed E-state index contributed by atoms with van der Waals surface area (Å²) >= 11 is 0. The van der Waals surface area contributed by atoms with Crippen LogP contribution in [-0.4, -0.2) is 45.1 Å². The van der Waals surface area contributed by atoms with Gasteiger partial charge in [0.15, 0.2) is 5.82 Å². The number of hydrogen-bond acceptors (Lipinski definition) is 5. The Morgan fingerprint density at radius 1 is 1.48 bits per heavy atom. The Kier molecular flexibility index (Phi) is 4.29. The van der Waals surface area contributed by atoms with Crippen LogP contribution in [0.25, 0.3) is 0 Å². The van der Waals surface area contributed by atoms with Gasteiger partial charge in [0, 0.05) is 31.8 Å². The quantitative estimate of drug-likeness (QED) is 0.883. The number of aromatic nitrogens is 2. The van der Waals surface area contributed by atoms with Crippen LogP contribution >= 0.6 is 0 Å². The number of carbonyl (C=O) groups is 2. The molecule has 0 aliphatic carbocycles. The van der Waals surface area contributed by atoms with Crippen molar-refractivity contribution in [1.29, 1.82) is 0 Å². The number of carboxylic acid groups (broad SMARTS) is 1. The minimum atomic E-state index is -0.851. The fraction of sp³-hybridized carbons (Fsp3) is 0.714. The van der Waals surface area contributed by atoms with E-state index in [9.17, 15) is 9.59 Å². The van der Waals surface area contributed by atoms with Gasteiger partial charge in [-0.1, -0.05) is 19.0 Å². The molecule has 0 saturated carbocycles. The predicted octanol–water partition coefficient (Wildman–Crippen LogP) is 1.45. The molecule has 1 amide bonds. The standard InChI is InChI=1S/C14H21N3O4/c1-9(2)12-15-10(21-16-12)4-5-11(18)17-7-6-14(3,8-17)13(19)20/h9H,4-8H2,1-3H3,(H,19,20)/t14-/m0/s1. The van der Waals surface area contributed by atoms with Crippen LogP contribution in [0.1, 0.15) is 51.2 Å². The molecule has 0 spiro atoms. The summed E-state index contributed by atoms with van der Waals surface area (Å²) in [6.45, 7) is 6.37. The average molecular weight is 295 g/mol. The lowest BCUT2D eigenvalue weighted by Crippen LogP contribution is -2.34. The van der Waals surface area contributed by atoms with Gasteiger partial charge in [-0.3, -0.25) is 9.59 Å². The van der Waals surface area contributed by atoms with Crippen molar-refractivity contribution in [2.45, 2.75) is 46.0 Å². The Labute approximate surface area is 123 Å². The molecule has 7 nitrogen and oxygen atoms in total. The monoisotopic (exact) mass is 295 g/mol. The number of hydrogen-bond donors (Lipinski definition) is 1. The summed E-state index contributed by atoms with van der Waals surface area (Å²) in [5.41, 5.74) is -0.828. The van der Waals surface area contributed by atoms with Crippen molar-refractivity contribution in [3.63, 3.8) is 0 Å². The molecule has 1 fully saturated rings. The van der Waals surface area contributed by atoms with Crippen LogP contribution in [0, 0.1) is 5.41 Å². The highest BCUT2D eigenvalue weighted by Gasteiger charge is 2.41. The smallest absolute Gasteiger partial charge is 0.311 e. The normalized spacial score (nSPS) is 22.0. The molecular weight excluding hydrogens is 274 g/mol. The number of carboxylic acids is 1. The second kappa shape index (κ2) is 5.83. The van der Waals surface area contributed by atoms with Crippen LogP contribution in [0.5, 0.6) is 0 Å². The van der Waals surface area contributed by atoms with Crippen LogP contribution in [0.4, 0.5) is 0 Å². The largest absolute Gasteiger partial charge is 0.481 e. The number of carbonyl (C=O) groups excluding carboxylic acids is 1. The lowest BCUT2D eigenvalue weighted by Gasteiger charge is -2.19. The van der Waals surface area contributed by atoms with E-state index in [1.807, 2.05) is 13.8 Å². The fourth-order valence-electron chi connectivity index (χ4n) is 2.32. The Hall–Kier alpha value is -1.92. The maximum absolute atomic E-state index is 12.1. The van der Waals surface area contributed by atoms with Gasteiger partial charge in [-0.15, -0.1) is 0 Å². The van der Waals surface area contributed by atoms with Crippen molar-refractivity contribution < 1.29 is 19.2 Å². The zero-order chi connectivity index (χ0) is 15.6. The Morgan fingerprint density at radius 2 is 2.19 bits per heavy atom. The number of aryl methyl sites for hydroxylation is 1. The second-order valence-corrected chi connectivity index (χ2v) is 6.13. The molecular formula is C14H21N3O4. The number of amides is 1. The molecule has 1 aromatic heterocycles. The van der Waals surface area contributed by atoms with E-state index in [2.05, 4.69) is 10.1 Å². The summed E-state index contributed by atoms with van der Waals surface area (Å²) < 4.78 is 5.09. The van der Waals surface area contributed by atoms with Crippen LogP contribution in [0.15, 0.2) is 4.52 Å². The molecule has 1 aliphatic rings. The first-order valence-electron chi connectivity index (χ1n) is 7.15. The Morgan fingerprint density at radius 3 is 2.71 bits per heavy atom. The SMILES string of the molecule is CC(C)c1noc(CCC(=O)N2CC[C@](C)(C(=O)O)C2)n1. The first kappa shape index (κ1) is 15.5. The van der Waals surface area contributed by atoms with E-state index in [1.165, 1.54) is 0 Å². The van der Waals surface area contributed by atoms with E-state index < -0.39 is 11.4 Å². The molecule has 21 heavy (non-hydrogen) atoms. The number of nitrogens with zero attached hydrogens (tertiary/aromatic N) is 3. The van der Waals surface area contributed by atoms with Crippen LogP contribution in [0.2, 0.25) is 0 Å². The van der Waals surface area contributed by atoms with Crippen LogP contribution in [-0.2, 0) is 16.0 Å². The van der Waals surface area contributed by atoms with Crippen molar-refractivity contribution >= 4 is 11.9 Å². The van der Waals surface area contributed by atoms with Gasteiger partial charge in [-0.2, -0.15) is 4.98 Å². The lowest BCUT2D eigenvalue weighted by molar-refractivity contribution is -0.147. The second-order valence-electron chi connectivity index (χ2n) is 6.13. The van der Waals surface area contributed by atoms with E-state index in [1.54, 1.807) is 11.8 Å². The van der Waals surface area contributed by atoms with Gasteiger partial charge in [0.1, 0.15) is 0 Å². The van der Waals surface area contributed by atoms with Crippen LogP contribution < -0.4 is 0 Å². The van der Waals surface area contributed by atoms with Crippen molar-refractivity contribution in [1.82, 2.24) is 15.0 Å². The van der Waals surface area contributed by atoms with Gasteiger partial charge in [0.05, 0.1) is 5.41 Å². The third kappa shape index (κ3) is 3.40. The highest BCUT2D eigenvalue weighted by atomic mass is 16.5. The van der Waals surface area contributed by atoms with Crippen LogP contribution in [0.3, 0.4) is 0 Å². The molecule has 2 rings (SSSR count). The van der Waals surface area contributed by atoms with E-state index in [-0.39, 0.29) is 24.8 Å². The summed E-state index contributed by atoms with van der Waals surface area (Å²) in [7, 11) is 0. The Bertz CT molecular complexity index is 540. The van der Waals surface area contributed by atoms with E-state index >= 15 is 0 Å². The first-order chi connectivity index (χ1) is 9.82. The zero-order valence-corrected chi connectivity index (χ0v) is 12.6. The van der Waals surface area contributed by atoms with Crippen molar-refractivity contribution in [2.75, 3.05) is 13.1 Å². The maximum Gasteiger partial charge on any atom is 0.311 e. The number of likely N-dealkylation sites (tertiary alicyclic amines) is 1. The van der Waals surface area contributed by atoms with Gasteiger partial charge in [-0.25, -0.2) is 0 Å². The summed E-state index contributed by atoms with van der Waals surface area (Å²) in [6, 6.07) is 0. The first-order valence-corrected chi connectivity index (χ1v) is 7.15. The molecule has 0 bridgehead atoms. The lowest BCUT2D eigenvalue weighted by atomic mass is 9.90. The molecule has 7 heteroatoms. The van der Waals surface area contributed by atoms with Gasteiger partial charge in [0.25, 0.3) is 0 Å². The van der Waals surface area contributed by atoms with E-state index in [0.29, 0.717) is 31.1 Å². The summed E-state index contributed by atoms with van der Waals surface area (Å²) in [5, 5.41) is 13.0. The molecule has 116 valence electrons. The molecule has 1 N–H and O–H groups in total. The molecule has 0 aromatic carbocycles. The topological polar surface area (TPSA) is 96.5 Å². The summed E-state index contributed by atoms with van der Waals surface area (Å²) in [6.07, 6.45) is 1.14. The third-order valence-corrected chi connectivity index (χ3v) is 3.90. The Balaban J connectivity index is 1.86. The highest BCUT2D eigenvalue weighted by molar-refractivity contribution is 5.80. The van der Waals surface area contributed by atoms with E-state index in [0.717, 1.165) is 0 Å². The molecule has 1 aliphatic heterocycles. The molecule has 0 unspecified atom stereocenters. The van der Waals surface area contributed by atoms with Gasteiger partial charge < -0.3 is 14.5 Å². The molecule has 0 radical (unpaired) electrons. The summed E-state index contributed by atoms with van der Waals surface area (Å²) in [4.78, 5) is 29.1. The molecule has 2 heterocycles. The van der Waals surface area contributed by atoms with Crippen molar-refractivity contribution in [3.05, 3.63) is 11.7 Å². The maximum atomic E-state index is 12.1. The highest BCUT2D eigenvalue weighted by Crippen LogP contribution is 2.30. The third-order valence-electron chi connectivity index (χ3n) is 3.90. The molecule has 1 saturated heterocycles. The fourth-order valence-corrected chi connectivity index (χ4v) is 2.32. The van der Waals surface area contributed by atoms with Gasteiger partial charge in [0.2, 0.25) is 11.8 Å². The van der Waals surface area contributed by atoms with Gasteiger partial charge >= 0.3 is 5.97 Å². The number of aliphatic carboxylic acids is 1. The minimum absolute atomic E-state index is 0.0655. The summed E-state index contributed by atoms with van der Waals surface area (Å²) in [5.74, 6) is 0.359. The number of rotatable bonds is 5.